The van der Waals surface area contributed by atoms with E-state index in [0.29, 0.717) is 17.1 Å². The molecule has 1 aromatic carbocycles. The molecule has 1 aromatic rings. The van der Waals surface area contributed by atoms with E-state index >= 15 is 0 Å². The molecule has 0 aromatic heterocycles. The zero-order valence-corrected chi connectivity index (χ0v) is 10.7. The fourth-order valence-electron chi connectivity index (χ4n) is 3.40. The molecule has 0 atom stereocenters. The number of hydrogen-bond donors (Lipinski definition) is 0. The van der Waals surface area contributed by atoms with Crippen LogP contribution < -0.4 is 14.9 Å². The first-order valence-electron chi connectivity index (χ1n) is 6.70. The molecule has 5 rings (SSSR count). The number of aromatic nitrogens is 1. The summed E-state index contributed by atoms with van der Waals surface area (Å²) in [5.41, 5.74) is 4.13. The highest BCUT2D eigenvalue weighted by molar-refractivity contribution is 6.01. The van der Waals surface area contributed by atoms with Gasteiger partial charge in [-0.1, -0.05) is 18.2 Å². The number of para-hydroxylation sites is 1. The summed E-state index contributed by atoms with van der Waals surface area (Å²) in [6, 6.07) is 7.79. The van der Waals surface area contributed by atoms with E-state index < -0.39 is 0 Å². The van der Waals surface area contributed by atoms with Crippen LogP contribution in [0, 0.1) is 0 Å². The Bertz CT molecular complexity index is 910. The van der Waals surface area contributed by atoms with E-state index in [4.69, 9.17) is 9.47 Å². The van der Waals surface area contributed by atoms with Gasteiger partial charge in [-0.05, 0) is 12.0 Å². The van der Waals surface area contributed by atoms with Gasteiger partial charge in [0, 0.05) is 29.8 Å². The topological polar surface area (TPSA) is 40.5 Å². The Hall–Kier alpha value is -2.49. The highest BCUT2D eigenvalue weighted by Gasteiger charge is 2.27. The van der Waals surface area contributed by atoms with Crippen LogP contribution in [0.5, 0.6) is 11.5 Å². The van der Waals surface area contributed by atoms with Gasteiger partial charge in [-0.3, -0.25) is 4.79 Å². The normalized spacial score (nSPS) is 15.4. The van der Waals surface area contributed by atoms with Crippen molar-refractivity contribution in [2.45, 2.75) is 13.0 Å². The molecule has 98 valence electrons. The zero-order chi connectivity index (χ0) is 13.3. The minimum Gasteiger partial charge on any atom is -0.453 e. The van der Waals surface area contributed by atoms with Crippen LogP contribution in [0.3, 0.4) is 0 Å². The van der Waals surface area contributed by atoms with Gasteiger partial charge in [0.15, 0.2) is 16.9 Å². The van der Waals surface area contributed by atoms with Gasteiger partial charge in [-0.25, -0.2) is 0 Å². The molecule has 0 spiro atoms. The maximum atomic E-state index is 12.3. The van der Waals surface area contributed by atoms with Gasteiger partial charge in [-0.15, -0.1) is 0 Å². The maximum Gasteiger partial charge on any atom is 0.231 e. The largest absolute Gasteiger partial charge is 0.453 e. The molecular weight excluding hydrogens is 254 g/mol. The van der Waals surface area contributed by atoms with E-state index in [2.05, 4.69) is 16.7 Å². The van der Waals surface area contributed by atoms with Crippen molar-refractivity contribution < 1.29 is 9.47 Å². The molecule has 4 nitrogen and oxygen atoms in total. The smallest absolute Gasteiger partial charge is 0.231 e. The summed E-state index contributed by atoms with van der Waals surface area (Å²) in [6.07, 6.45) is 2.97. The van der Waals surface area contributed by atoms with Gasteiger partial charge in [0.1, 0.15) is 0 Å². The fourth-order valence-corrected chi connectivity index (χ4v) is 3.40. The average Bonchev–Trinajstić information content (AvgIpc) is 3.07. The molecular formula is C16H11NO3. The molecule has 3 aliphatic heterocycles. The van der Waals surface area contributed by atoms with Crippen LogP contribution in [0.25, 0.3) is 22.0 Å². The second kappa shape index (κ2) is 3.33. The first-order valence-corrected chi connectivity index (χ1v) is 6.70. The molecule has 0 unspecified atom stereocenters. The van der Waals surface area contributed by atoms with Crippen molar-refractivity contribution in [3.63, 3.8) is 0 Å². The summed E-state index contributed by atoms with van der Waals surface area (Å²) in [6.45, 7) is 1.11. The van der Waals surface area contributed by atoms with Crippen LogP contribution in [-0.4, -0.2) is 11.4 Å². The molecule has 20 heavy (non-hydrogen) atoms. The second-order valence-corrected chi connectivity index (χ2v) is 5.28. The number of pyridine rings is 1. The van der Waals surface area contributed by atoms with Gasteiger partial charge in [-0.2, -0.15) is 0 Å². The Labute approximate surface area is 114 Å². The Morgan fingerprint density at radius 1 is 1.20 bits per heavy atom. The van der Waals surface area contributed by atoms with Crippen LogP contribution in [0.2, 0.25) is 0 Å². The second-order valence-electron chi connectivity index (χ2n) is 5.28. The molecule has 0 fully saturated rings. The van der Waals surface area contributed by atoms with E-state index in [-0.39, 0.29) is 12.2 Å². The van der Waals surface area contributed by atoms with Crippen molar-refractivity contribution in [2.24, 2.45) is 0 Å². The molecule has 0 N–H and O–H groups in total. The van der Waals surface area contributed by atoms with Crippen molar-refractivity contribution in [3.8, 4) is 22.6 Å². The van der Waals surface area contributed by atoms with Crippen LogP contribution in [-0.2, 0) is 13.0 Å². The van der Waals surface area contributed by atoms with Crippen LogP contribution in [0.1, 0.15) is 5.56 Å². The lowest BCUT2D eigenvalue weighted by atomic mass is 9.97. The maximum absolute atomic E-state index is 12.3. The summed E-state index contributed by atoms with van der Waals surface area (Å²) in [4.78, 5) is 12.3. The lowest BCUT2D eigenvalue weighted by Gasteiger charge is -2.15. The predicted octanol–water partition coefficient (Wildman–Crippen LogP) is 2.39. The Kier molecular flexibility index (Phi) is 1.72. The van der Waals surface area contributed by atoms with Gasteiger partial charge < -0.3 is 14.0 Å². The van der Waals surface area contributed by atoms with E-state index in [0.717, 1.165) is 23.9 Å². The van der Waals surface area contributed by atoms with Gasteiger partial charge in [0.25, 0.3) is 0 Å². The molecule has 0 amide bonds. The van der Waals surface area contributed by atoms with Crippen LogP contribution in [0.4, 0.5) is 0 Å². The third-order valence-corrected chi connectivity index (χ3v) is 4.25. The van der Waals surface area contributed by atoms with E-state index in [1.54, 1.807) is 0 Å². The Morgan fingerprint density at radius 2 is 2.15 bits per heavy atom. The fraction of sp³-hybridized carbons (Fsp3) is 0.188. The van der Waals surface area contributed by atoms with Crippen molar-refractivity contribution in [3.05, 3.63) is 46.2 Å². The third-order valence-electron chi connectivity index (χ3n) is 4.25. The zero-order valence-electron chi connectivity index (χ0n) is 10.7. The van der Waals surface area contributed by atoms with Crippen molar-refractivity contribution in [2.75, 3.05) is 6.79 Å². The Morgan fingerprint density at radius 3 is 3.10 bits per heavy atom. The highest BCUT2D eigenvalue weighted by atomic mass is 16.7. The van der Waals surface area contributed by atoms with E-state index in [9.17, 15) is 4.79 Å². The van der Waals surface area contributed by atoms with Gasteiger partial charge >= 0.3 is 0 Å². The summed E-state index contributed by atoms with van der Waals surface area (Å²) in [5.74, 6) is 1.27. The standard InChI is InChI=1S/C16H11NO3/c18-12-6-13-16(20-8-19-13)14-10-3-1-2-9-4-5-17(15(9)10)7-11(12)14/h1-3,6-7H,4-5,8H2. The number of nitrogens with zero attached hydrogens (tertiary/aromatic N) is 1. The Balaban J connectivity index is 2.10. The molecule has 0 saturated carbocycles. The number of aryl methyl sites for hydroxylation is 2. The summed E-state index contributed by atoms with van der Waals surface area (Å²) < 4.78 is 13.2. The summed E-state index contributed by atoms with van der Waals surface area (Å²) in [7, 11) is 0. The molecule has 0 bridgehead atoms. The van der Waals surface area contributed by atoms with Gasteiger partial charge in [0.05, 0.1) is 11.1 Å². The average molecular weight is 265 g/mol. The summed E-state index contributed by atoms with van der Waals surface area (Å²) >= 11 is 0. The number of rotatable bonds is 0. The highest BCUT2D eigenvalue weighted by Crippen LogP contribution is 2.45. The molecule has 1 aliphatic carbocycles. The lowest BCUT2D eigenvalue weighted by molar-refractivity contribution is 0.174. The SMILES string of the molecule is O=c1cc2c(c3c4cccc5c4n(cc1-3)CC5)OCO2. The minimum absolute atomic E-state index is 0.00722. The number of hydrogen-bond acceptors (Lipinski definition) is 3. The molecule has 4 heteroatoms. The molecule has 3 heterocycles. The quantitative estimate of drug-likeness (QED) is 0.586. The molecule has 0 radical (unpaired) electrons. The monoisotopic (exact) mass is 265 g/mol. The summed E-state index contributed by atoms with van der Waals surface area (Å²) in [5, 5.41) is 1.08. The minimum atomic E-state index is -0.00722. The number of ether oxygens (including phenoxy) is 2. The van der Waals surface area contributed by atoms with Crippen molar-refractivity contribution >= 4 is 10.9 Å². The first-order chi connectivity index (χ1) is 9.83. The van der Waals surface area contributed by atoms with Crippen molar-refractivity contribution in [1.82, 2.24) is 4.57 Å². The van der Waals surface area contributed by atoms with Crippen LogP contribution >= 0.6 is 0 Å². The van der Waals surface area contributed by atoms with Crippen LogP contribution in [0.15, 0.2) is 35.3 Å². The lowest BCUT2D eigenvalue weighted by Crippen LogP contribution is -2.08. The predicted molar refractivity (Wildman–Crippen MR) is 74.7 cm³/mol. The van der Waals surface area contributed by atoms with Crippen molar-refractivity contribution in [1.29, 1.82) is 0 Å². The van der Waals surface area contributed by atoms with E-state index in [1.165, 1.54) is 17.1 Å². The number of benzene rings is 2. The third kappa shape index (κ3) is 1.10. The number of fused-ring (bicyclic) bond motifs is 4. The first kappa shape index (κ1) is 10.3. The van der Waals surface area contributed by atoms with Gasteiger partial charge in [0.2, 0.25) is 6.79 Å². The molecule has 4 aliphatic rings. The van der Waals surface area contributed by atoms with E-state index in [1.807, 2.05) is 12.3 Å². The molecule has 0 saturated heterocycles.